The summed E-state index contributed by atoms with van der Waals surface area (Å²) in [6.45, 7) is 1.64. The Kier molecular flexibility index (Phi) is 7.60. The van der Waals surface area contributed by atoms with Gasteiger partial charge in [-0.05, 0) is 36.4 Å². The van der Waals surface area contributed by atoms with Crippen molar-refractivity contribution in [3.8, 4) is 5.75 Å². The summed E-state index contributed by atoms with van der Waals surface area (Å²) in [7, 11) is 1.60. The largest absolute Gasteiger partial charge is 0.491 e. The molecule has 26 heavy (non-hydrogen) atoms. The van der Waals surface area contributed by atoms with Crippen LogP contribution in [0.1, 0.15) is 20.7 Å². The van der Waals surface area contributed by atoms with E-state index in [4.69, 9.17) is 15.2 Å². The van der Waals surface area contributed by atoms with Crippen LogP contribution < -0.4 is 21.1 Å². The fourth-order valence-electron chi connectivity index (χ4n) is 2.21. The Morgan fingerprint density at radius 2 is 1.73 bits per heavy atom. The molecule has 2 aromatic rings. The van der Waals surface area contributed by atoms with Crippen LogP contribution in [0.15, 0.2) is 48.5 Å². The van der Waals surface area contributed by atoms with E-state index in [9.17, 15) is 9.59 Å². The topological polar surface area (TPSA) is 103 Å². The number of nitrogens with one attached hydrogen (secondary N) is 2. The lowest BCUT2D eigenvalue weighted by molar-refractivity contribution is 0.0955. The van der Waals surface area contributed by atoms with Crippen LogP contribution in [0.3, 0.4) is 0 Å². The quantitative estimate of drug-likeness (QED) is 0.592. The van der Waals surface area contributed by atoms with E-state index in [2.05, 4.69) is 10.6 Å². The first kappa shape index (κ1) is 19.4. The van der Waals surface area contributed by atoms with Gasteiger partial charge in [0.1, 0.15) is 12.4 Å². The molecule has 0 aliphatic rings. The fraction of sp³-hybridized carbons (Fsp3) is 0.263. The van der Waals surface area contributed by atoms with E-state index in [0.717, 1.165) is 0 Å². The van der Waals surface area contributed by atoms with E-state index in [-0.39, 0.29) is 11.8 Å². The SMILES string of the molecule is COCCOc1ccc(C(=O)Nc2ccccc2C(=O)NCCN)cc1. The average molecular weight is 357 g/mol. The summed E-state index contributed by atoms with van der Waals surface area (Å²) >= 11 is 0. The van der Waals surface area contributed by atoms with Crippen LogP contribution in [0, 0.1) is 0 Å². The van der Waals surface area contributed by atoms with Gasteiger partial charge < -0.3 is 25.8 Å². The maximum Gasteiger partial charge on any atom is 0.255 e. The molecule has 0 aliphatic heterocycles. The molecule has 0 atom stereocenters. The molecule has 0 aliphatic carbocycles. The summed E-state index contributed by atoms with van der Waals surface area (Å²) < 4.78 is 10.4. The highest BCUT2D eigenvalue weighted by Crippen LogP contribution is 2.18. The van der Waals surface area contributed by atoms with E-state index >= 15 is 0 Å². The van der Waals surface area contributed by atoms with E-state index in [1.165, 1.54) is 0 Å². The first-order chi connectivity index (χ1) is 12.7. The van der Waals surface area contributed by atoms with Crippen LogP contribution in [0.25, 0.3) is 0 Å². The Morgan fingerprint density at radius 1 is 1.00 bits per heavy atom. The summed E-state index contributed by atoms with van der Waals surface area (Å²) in [5, 5.41) is 5.46. The van der Waals surface area contributed by atoms with E-state index in [1.807, 2.05) is 0 Å². The number of rotatable bonds is 9. The van der Waals surface area contributed by atoms with Crippen molar-refractivity contribution in [2.45, 2.75) is 0 Å². The number of amides is 2. The monoisotopic (exact) mass is 357 g/mol. The zero-order valence-corrected chi connectivity index (χ0v) is 14.7. The zero-order valence-electron chi connectivity index (χ0n) is 14.7. The molecule has 138 valence electrons. The molecule has 0 saturated carbocycles. The molecule has 7 heteroatoms. The average Bonchev–Trinajstić information content (AvgIpc) is 2.67. The Labute approximate surface area is 152 Å². The van der Waals surface area contributed by atoms with Crippen molar-refractivity contribution in [1.29, 1.82) is 0 Å². The van der Waals surface area contributed by atoms with Crippen LogP contribution in [0.2, 0.25) is 0 Å². The maximum atomic E-state index is 12.5. The summed E-state index contributed by atoms with van der Waals surface area (Å²) in [4.78, 5) is 24.6. The number of methoxy groups -OCH3 is 1. The van der Waals surface area contributed by atoms with Crippen molar-refractivity contribution in [2.75, 3.05) is 38.7 Å². The van der Waals surface area contributed by atoms with Crippen molar-refractivity contribution in [1.82, 2.24) is 5.32 Å². The number of carbonyl (C=O) groups excluding carboxylic acids is 2. The van der Waals surface area contributed by atoms with Gasteiger partial charge in [0.2, 0.25) is 0 Å². The number of hydrogen-bond acceptors (Lipinski definition) is 5. The first-order valence-electron chi connectivity index (χ1n) is 8.26. The summed E-state index contributed by atoms with van der Waals surface area (Å²) in [5.41, 5.74) is 6.68. The van der Waals surface area contributed by atoms with Gasteiger partial charge in [0.25, 0.3) is 11.8 Å². The van der Waals surface area contributed by atoms with Gasteiger partial charge in [-0.15, -0.1) is 0 Å². The molecule has 0 unspecified atom stereocenters. The van der Waals surface area contributed by atoms with Crippen molar-refractivity contribution >= 4 is 17.5 Å². The predicted octanol–water partition coefficient (Wildman–Crippen LogP) is 1.65. The number of para-hydroxylation sites is 1. The Hall–Kier alpha value is -2.90. The lowest BCUT2D eigenvalue weighted by atomic mass is 10.1. The molecule has 4 N–H and O–H groups in total. The minimum atomic E-state index is -0.312. The minimum absolute atomic E-state index is 0.284. The van der Waals surface area contributed by atoms with Crippen LogP contribution in [-0.4, -0.2) is 45.2 Å². The van der Waals surface area contributed by atoms with Gasteiger partial charge in [-0.3, -0.25) is 9.59 Å². The van der Waals surface area contributed by atoms with Gasteiger partial charge in [0, 0.05) is 25.8 Å². The van der Waals surface area contributed by atoms with E-state index < -0.39 is 0 Å². The van der Waals surface area contributed by atoms with Crippen molar-refractivity contribution in [3.05, 3.63) is 59.7 Å². The Bertz CT molecular complexity index is 732. The molecular formula is C19H23N3O4. The molecule has 0 aromatic heterocycles. The lowest BCUT2D eigenvalue weighted by Gasteiger charge is -2.11. The second-order valence-corrected chi connectivity index (χ2v) is 5.41. The van der Waals surface area contributed by atoms with Crippen LogP contribution >= 0.6 is 0 Å². The molecule has 2 aromatic carbocycles. The summed E-state index contributed by atoms with van der Waals surface area (Å²) in [5.74, 6) is 0.0564. The normalized spacial score (nSPS) is 10.2. The molecule has 7 nitrogen and oxygen atoms in total. The summed E-state index contributed by atoms with van der Waals surface area (Å²) in [6.07, 6.45) is 0. The van der Waals surface area contributed by atoms with Crippen LogP contribution in [-0.2, 0) is 4.74 Å². The molecular weight excluding hydrogens is 334 g/mol. The molecule has 2 amide bonds. The second-order valence-electron chi connectivity index (χ2n) is 5.41. The third kappa shape index (κ3) is 5.58. The van der Waals surface area contributed by atoms with Gasteiger partial charge >= 0.3 is 0 Å². The maximum absolute atomic E-state index is 12.5. The molecule has 0 radical (unpaired) electrons. The van der Waals surface area contributed by atoms with Gasteiger partial charge in [-0.25, -0.2) is 0 Å². The number of nitrogens with two attached hydrogens (primary N) is 1. The lowest BCUT2D eigenvalue weighted by Crippen LogP contribution is -2.30. The highest BCUT2D eigenvalue weighted by molar-refractivity contribution is 6.09. The third-order valence-corrected chi connectivity index (χ3v) is 3.52. The predicted molar refractivity (Wildman–Crippen MR) is 99.6 cm³/mol. The number of carbonyl (C=O) groups is 2. The molecule has 0 heterocycles. The molecule has 0 fully saturated rings. The zero-order chi connectivity index (χ0) is 18.8. The van der Waals surface area contributed by atoms with E-state index in [1.54, 1.807) is 55.6 Å². The van der Waals surface area contributed by atoms with Crippen LogP contribution in [0.4, 0.5) is 5.69 Å². The van der Waals surface area contributed by atoms with Gasteiger partial charge in [-0.2, -0.15) is 0 Å². The second kappa shape index (κ2) is 10.2. The van der Waals surface area contributed by atoms with Crippen molar-refractivity contribution in [2.24, 2.45) is 5.73 Å². The number of benzene rings is 2. The van der Waals surface area contributed by atoms with Crippen LogP contribution in [0.5, 0.6) is 5.75 Å². The molecule has 0 saturated heterocycles. The highest BCUT2D eigenvalue weighted by Gasteiger charge is 2.13. The highest BCUT2D eigenvalue weighted by atomic mass is 16.5. The standard InChI is InChI=1S/C19H23N3O4/c1-25-12-13-26-15-8-6-14(7-9-15)18(23)22-17-5-3-2-4-16(17)19(24)21-11-10-20/h2-9H,10-13,20H2,1H3,(H,21,24)(H,22,23). The number of hydrogen-bond donors (Lipinski definition) is 3. The number of anilines is 1. The van der Waals surface area contributed by atoms with Crippen molar-refractivity contribution in [3.63, 3.8) is 0 Å². The van der Waals surface area contributed by atoms with Gasteiger partial charge in [0.15, 0.2) is 0 Å². The molecule has 2 rings (SSSR count). The number of ether oxygens (including phenoxy) is 2. The Balaban J connectivity index is 2.04. The van der Waals surface area contributed by atoms with E-state index in [0.29, 0.717) is 48.9 Å². The molecule has 0 bridgehead atoms. The smallest absolute Gasteiger partial charge is 0.255 e. The van der Waals surface area contributed by atoms with Gasteiger partial charge in [0.05, 0.1) is 17.9 Å². The minimum Gasteiger partial charge on any atom is -0.491 e. The fourth-order valence-corrected chi connectivity index (χ4v) is 2.21. The molecule has 0 spiro atoms. The van der Waals surface area contributed by atoms with Crippen molar-refractivity contribution < 1.29 is 19.1 Å². The first-order valence-corrected chi connectivity index (χ1v) is 8.26. The Morgan fingerprint density at radius 3 is 2.42 bits per heavy atom. The third-order valence-electron chi connectivity index (χ3n) is 3.52. The summed E-state index contributed by atoms with van der Waals surface area (Å²) in [6, 6.07) is 13.6. The van der Waals surface area contributed by atoms with Gasteiger partial charge in [-0.1, -0.05) is 12.1 Å².